The second kappa shape index (κ2) is 10.9. The number of anilines is 1. The van der Waals surface area contributed by atoms with E-state index in [4.69, 9.17) is 27.9 Å². The lowest BCUT2D eigenvalue weighted by atomic mass is 9.85. The van der Waals surface area contributed by atoms with Gasteiger partial charge in [0, 0.05) is 28.4 Å². The van der Waals surface area contributed by atoms with E-state index in [2.05, 4.69) is 12.2 Å². The zero-order valence-corrected chi connectivity index (χ0v) is 19.3. The summed E-state index contributed by atoms with van der Waals surface area (Å²) >= 11 is 12.5. The van der Waals surface area contributed by atoms with Crippen molar-refractivity contribution in [2.75, 3.05) is 17.9 Å². The topological polar surface area (TPSA) is 58.6 Å². The lowest BCUT2D eigenvalue weighted by Crippen LogP contribution is -2.49. The van der Waals surface area contributed by atoms with E-state index >= 15 is 0 Å². The highest BCUT2D eigenvalue weighted by molar-refractivity contribution is 6.32. The fourth-order valence-corrected chi connectivity index (χ4v) is 4.52. The lowest BCUT2D eigenvalue weighted by molar-refractivity contribution is -0.126. The number of carbonyl (C=O) groups excluding carboxylic acids is 2. The molecule has 1 aliphatic carbocycles. The summed E-state index contributed by atoms with van der Waals surface area (Å²) in [7, 11) is 1.55. The Balaban J connectivity index is 2.06. The molecule has 0 aromatic heterocycles. The number of nitrogens with one attached hydrogen (secondary N) is 1. The Kier molecular flexibility index (Phi) is 8.22. The number of halogens is 2. The van der Waals surface area contributed by atoms with Crippen molar-refractivity contribution in [1.29, 1.82) is 0 Å². The third kappa shape index (κ3) is 5.52. The molecular weight excluding hydrogens is 435 g/mol. The minimum atomic E-state index is -0.957. The summed E-state index contributed by atoms with van der Waals surface area (Å²) in [6, 6.07) is 13.2. The van der Waals surface area contributed by atoms with E-state index in [9.17, 15) is 9.59 Å². The minimum absolute atomic E-state index is 0.0597. The van der Waals surface area contributed by atoms with E-state index in [0.29, 0.717) is 27.9 Å². The molecule has 5 nitrogen and oxygen atoms in total. The Bertz CT molecular complexity index is 921. The fourth-order valence-electron chi connectivity index (χ4n) is 4.15. The molecule has 0 heterocycles. The van der Waals surface area contributed by atoms with Crippen LogP contribution >= 0.6 is 23.2 Å². The van der Waals surface area contributed by atoms with Crippen LogP contribution < -0.4 is 15.0 Å². The molecule has 0 saturated heterocycles. The normalized spacial score (nSPS) is 19.4. The summed E-state index contributed by atoms with van der Waals surface area (Å²) in [5.74, 6) is 0.00755. The molecule has 0 radical (unpaired) electrons. The molecule has 0 unspecified atom stereocenters. The first kappa shape index (κ1) is 23.4. The number of nitrogens with zero attached hydrogens (tertiary/aromatic N) is 1. The monoisotopic (exact) mass is 462 g/mol. The number of methoxy groups -OCH3 is 1. The van der Waals surface area contributed by atoms with E-state index in [1.54, 1.807) is 55.6 Å². The highest BCUT2D eigenvalue weighted by Crippen LogP contribution is 2.34. The Morgan fingerprint density at radius 1 is 1.16 bits per heavy atom. The maximum atomic E-state index is 13.7. The predicted molar refractivity (Wildman–Crippen MR) is 125 cm³/mol. The number of ether oxygens (including phenoxy) is 1. The van der Waals surface area contributed by atoms with E-state index in [1.807, 2.05) is 0 Å². The summed E-state index contributed by atoms with van der Waals surface area (Å²) in [4.78, 5) is 28.1. The summed E-state index contributed by atoms with van der Waals surface area (Å²) in [6.45, 7) is 2.15. The van der Waals surface area contributed by atoms with Crippen LogP contribution in [0.5, 0.6) is 5.75 Å². The van der Waals surface area contributed by atoms with Gasteiger partial charge >= 0.3 is 0 Å². The van der Waals surface area contributed by atoms with Crippen molar-refractivity contribution >= 4 is 40.7 Å². The molecule has 2 aromatic carbocycles. The van der Waals surface area contributed by atoms with Gasteiger partial charge in [0.15, 0.2) is 0 Å². The van der Waals surface area contributed by atoms with Gasteiger partial charge in [0.1, 0.15) is 17.7 Å². The molecule has 1 aliphatic rings. The Labute approximate surface area is 193 Å². The van der Waals surface area contributed by atoms with Crippen molar-refractivity contribution in [3.63, 3.8) is 0 Å². The Hall–Kier alpha value is -2.24. The van der Waals surface area contributed by atoms with E-state index < -0.39 is 11.9 Å². The van der Waals surface area contributed by atoms with Gasteiger partial charge in [0.2, 0.25) is 11.8 Å². The quantitative estimate of drug-likeness (QED) is 0.563. The van der Waals surface area contributed by atoms with Crippen LogP contribution in [0.4, 0.5) is 5.69 Å². The van der Waals surface area contributed by atoms with Crippen molar-refractivity contribution in [3.8, 4) is 5.75 Å². The van der Waals surface area contributed by atoms with Crippen LogP contribution in [-0.2, 0) is 9.59 Å². The van der Waals surface area contributed by atoms with Gasteiger partial charge in [-0.2, -0.15) is 0 Å². The molecular formula is C24H28Cl2N2O3. The largest absolute Gasteiger partial charge is 0.497 e. The number of carbonyl (C=O) groups is 2. The van der Waals surface area contributed by atoms with Crippen LogP contribution in [0.3, 0.4) is 0 Å². The highest BCUT2D eigenvalue weighted by Gasteiger charge is 2.36. The molecule has 0 spiro atoms. The van der Waals surface area contributed by atoms with Gasteiger partial charge in [-0.05, 0) is 37.0 Å². The molecule has 166 valence electrons. The number of rotatable bonds is 7. The summed E-state index contributed by atoms with van der Waals surface area (Å²) in [5.41, 5.74) is 1.06. The molecule has 1 N–H and O–H groups in total. The van der Waals surface area contributed by atoms with Gasteiger partial charge in [0.25, 0.3) is 0 Å². The van der Waals surface area contributed by atoms with Gasteiger partial charge in [0.05, 0.1) is 7.11 Å². The van der Waals surface area contributed by atoms with Crippen molar-refractivity contribution in [2.24, 2.45) is 5.92 Å². The van der Waals surface area contributed by atoms with E-state index in [0.717, 1.165) is 19.3 Å². The predicted octanol–water partition coefficient (Wildman–Crippen LogP) is 5.36. The molecule has 2 aromatic rings. The van der Waals surface area contributed by atoms with Crippen molar-refractivity contribution in [3.05, 3.63) is 59.1 Å². The first-order valence-electron chi connectivity index (χ1n) is 10.5. The maximum Gasteiger partial charge on any atom is 0.248 e. The van der Waals surface area contributed by atoms with Crippen LogP contribution in [0.25, 0.3) is 0 Å². The van der Waals surface area contributed by atoms with E-state index in [-0.39, 0.29) is 17.8 Å². The third-order valence-corrected chi connectivity index (χ3v) is 6.43. The average Bonchev–Trinajstić information content (AvgIpc) is 2.79. The van der Waals surface area contributed by atoms with Crippen molar-refractivity contribution in [2.45, 2.75) is 44.7 Å². The molecule has 1 saturated carbocycles. The van der Waals surface area contributed by atoms with Crippen LogP contribution in [0.1, 0.15) is 44.2 Å². The van der Waals surface area contributed by atoms with Gasteiger partial charge < -0.3 is 10.1 Å². The third-order valence-electron chi connectivity index (χ3n) is 5.86. The van der Waals surface area contributed by atoms with Gasteiger partial charge in [-0.1, -0.05) is 55.6 Å². The number of hydrogen-bond acceptors (Lipinski definition) is 3. The maximum absolute atomic E-state index is 13.7. The second-order valence-corrected chi connectivity index (χ2v) is 8.57. The Morgan fingerprint density at radius 2 is 1.90 bits per heavy atom. The minimum Gasteiger partial charge on any atom is -0.497 e. The molecule has 1 fully saturated rings. The molecule has 3 rings (SSSR count). The van der Waals surface area contributed by atoms with Gasteiger partial charge in [-0.3, -0.25) is 14.5 Å². The smallest absolute Gasteiger partial charge is 0.248 e. The molecule has 0 aliphatic heterocycles. The Morgan fingerprint density at radius 3 is 2.58 bits per heavy atom. The van der Waals surface area contributed by atoms with Crippen LogP contribution in [-0.4, -0.2) is 30.8 Å². The summed E-state index contributed by atoms with van der Waals surface area (Å²) < 4.78 is 5.33. The number of benzene rings is 2. The number of amides is 2. The molecule has 2 amide bonds. The molecule has 0 bridgehead atoms. The summed E-state index contributed by atoms with van der Waals surface area (Å²) in [5, 5.41) is 3.60. The second-order valence-electron chi connectivity index (χ2n) is 7.90. The standard InChI is InChI=1S/C24H28Cl2N2O3/c1-16-8-3-6-13-21(16)27-24(30)23(19-11-4-5-12-20(19)26)28(22(29)15-25)17-9-7-10-18(14-17)31-2/h4-5,7,9-12,14,16,21,23H,3,6,8,13,15H2,1-2H3,(H,27,30)/t16-,21-,23-/m0/s1. The molecule has 7 heteroatoms. The lowest BCUT2D eigenvalue weighted by Gasteiger charge is -2.35. The van der Waals surface area contributed by atoms with Gasteiger partial charge in [-0.25, -0.2) is 0 Å². The van der Waals surface area contributed by atoms with Gasteiger partial charge in [-0.15, -0.1) is 11.6 Å². The van der Waals surface area contributed by atoms with Crippen LogP contribution in [0, 0.1) is 5.92 Å². The number of alkyl halides is 1. The molecule has 31 heavy (non-hydrogen) atoms. The molecule has 3 atom stereocenters. The highest BCUT2D eigenvalue weighted by atomic mass is 35.5. The van der Waals surface area contributed by atoms with Crippen molar-refractivity contribution < 1.29 is 14.3 Å². The van der Waals surface area contributed by atoms with E-state index in [1.165, 1.54) is 11.3 Å². The average molecular weight is 463 g/mol. The number of hydrogen-bond donors (Lipinski definition) is 1. The van der Waals surface area contributed by atoms with Crippen LogP contribution in [0.2, 0.25) is 5.02 Å². The van der Waals surface area contributed by atoms with Crippen molar-refractivity contribution in [1.82, 2.24) is 5.32 Å². The first-order valence-corrected chi connectivity index (χ1v) is 11.4. The zero-order chi connectivity index (χ0) is 22.4. The zero-order valence-electron chi connectivity index (χ0n) is 17.8. The first-order chi connectivity index (χ1) is 15.0. The fraction of sp³-hybridized carbons (Fsp3) is 0.417. The SMILES string of the molecule is COc1cccc(N(C(=O)CCl)[C@H](C(=O)N[C@H]2CCCC[C@@H]2C)c2ccccc2Cl)c1. The van der Waals surface area contributed by atoms with Crippen LogP contribution in [0.15, 0.2) is 48.5 Å². The summed E-state index contributed by atoms with van der Waals surface area (Å²) in [6.07, 6.45) is 4.24.